The van der Waals surface area contributed by atoms with Gasteiger partial charge in [0.25, 0.3) is 0 Å². The van der Waals surface area contributed by atoms with Gasteiger partial charge in [0.15, 0.2) is 5.96 Å². The lowest BCUT2D eigenvalue weighted by molar-refractivity contribution is 0.358. The van der Waals surface area contributed by atoms with Crippen LogP contribution in [0.25, 0.3) is 0 Å². The maximum atomic E-state index is 13.9. The van der Waals surface area contributed by atoms with Crippen LogP contribution in [0.1, 0.15) is 23.6 Å². The van der Waals surface area contributed by atoms with Crippen LogP contribution in [0.2, 0.25) is 0 Å². The number of aliphatic imine (C=N–C) groups is 1. The van der Waals surface area contributed by atoms with Crippen LogP contribution in [0.4, 0.5) is 4.39 Å². The average Bonchev–Trinajstić information content (AvgIpc) is 2.70. The summed E-state index contributed by atoms with van der Waals surface area (Å²) in [6, 6.07) is 14.0. The van der Waals surface area contributed by atoms with Crippen molar-refractivity contribution in [3.63, 3.8) is 0 Å². The van der Waals surface area contributed by atoms with E-state index in [2.05, 4.69) is 22.2 Å². The van der Waals surface area contributed by atoms with Gasteiger partial charge < -0.3 is 15.4 Å². The highest BCUT2D eigenvalue weighted by atomic mass is 19.1. The summed E-state index contributed by atoms with van der Waals surface area (Å²) < 4.78 is 19.6. The number of benzene rings is 2. The Morgan fingerprint density at radius 1 is 1.26 bits per heavy atom. The minimum absolute atomic E-state index is 0.130. The van der Waals surface area contributed by atoms with E-state index in [9.17, 15) is 4.39 Å². The van der Waals surface area contributed by atoms with Gasteiger partial charge in [0, 0.05) is 24.2 Å². The standard InChI is InChI=1S/C21H23FN4O/c1-3-11-27-20-8-6-5-7-17(20)14-25-21(24-4-2)26-15-18-12-16(13-23)9-10-19(18)22/h3,5-10,12H,1,4,11,14-15H2,2H3,(H2,24,25,26). The second-order valence-corrected chi connectivity index (χ2v) is 5.67. The fourth-order valence-electron chi connectivity index (χ4n) is 2.39. The molecule has 2 rings (SSSR count). The van der Waals surface area contributed by atoms with Crippen LogP contribution in [-0.2, 0) is 13.1 Å². The molecule has 0 aliphatic heterocycles. The third-order valence-corrected chi connectivity index (χ3v) is 3.70. The summed E-state index contributed by atoms with van der Waals surface area (Å²) in [6.45, 7) is 7.34. The Morgan fingerprint density at radius 3 is 2.81 bits per heavy atom. The summed E-state index contributed by atoms with van der Waals surface area (Å²) in [5, 5.41) is 15.3. The lowest BCUT2D eigenvalue weighted by atomic mass is 10.1. The number of ether oxygens (including phenoxy) is 1. The van der Waals surface area contributed by atoms with E-state index in [4.69, 9.17) is 10.00 Å². The molecule has 27 heavy (non-hydrogen) atoms. The zero-order valence-electron chi connectivity index (χ0n) is 15.3. The molecule has 0 saturated heterocycles. The second kappa shape index (κ2) is 10.6. The number of guanidine groups is 1. The molecular formula is C21H23FN4O. The summed E-state index contributed by atoms with van der Waals surface area (Å²) in [5.74, 6) is 0.947. The van der Waals surface area contributed by atoms with Crippen molar-refractivity contribution in [3.8, 4) is 11.8 Å². The molecule has 0 radical (unpaired) electrons. The molecule has 0 aliphatic carbocycles. The van der Waals surface area contributed by atoms with Gasteiger partial charge in [-0.05, 0) is 31.2 Å². The average molecular weight is 366 g/mol. The molecule has 2 N–H and O–H groups in total. The number of hydrogen-bond acceptors (Lipinski definition) is 3. The number of rotatable bonds is 8. The van der Waals surface area contributed by atoms with Gasteiger partial charge in [0.05, 0.1) is 18.2 Å². The van der Waals surface area contributed by atoms with Gasteiger partial charge >= 0.3 is 0 Å². The molecule has 0 heterocycles. The molecule has 0 aromatic heterocycles. The summed E-state index contributed by atoms with van der Waals surface area (Å²) in [4.78, 5) is 4.41. The minimum atomic E-state index is -0.378. The predicted octanol–water partition coefficient (Wildman–Crippen LogP) is 3.52. The Balaban J connectivity index is 2.09. The lowest BCUT2D eigenvalue weighted by Crippen LogP contribution is -2.36. The summed E-state index contributed by atoms with van der Waals surface area (Å²) in [5.41, 5.74) is 1.76. The van der Waals surface area contributed by atoms with E-state index in [1.54, 1.807) is 6.08 Å². The van der Waals surface area contributed by atoms with Gasteiger partial charge in [-0.15, -0.1) is 0 Å². The molecule has 6 heteroatoms. The van der Waals surface area contributed by atoms with E-state index in [0.717, 1.165) is 11.3 Å². The van der Waals surface area contributed by atoms with Crippen molar-refractivity contribution in [2.24, 2.45) is 4.99 Å². The van der Waals surface area contributed by atoms with Gasteiger partial charge in [-0.1, -0.05) is 30.9 Å². The van der Waals surface area contributed by atoms with Gasteiger partial charge in [0.1, 0.15) is 18.2 Å². The minimum Gasteiger partial charge on any atom is -0.489 e. The van der Waals surface area contributed by atoms with Crippen LogP contribution >= 0.6 is 0 Å². The van der Waals surface area contributed by atoms with Crippen LogP contribution in [0.15, 0.2) is 60.1 Å². The highest BCUT2D eigenvalue weighted by Crippen LogP contribution is 2.17. The Labute approximate surface area is 159 Å². The number of hydrogen-bond donors (Lipinski definition) is 2. The second-order valence-electron chi connectivity index (χ2n) is 5.67. The summed E-state index contributed by atoms with van der Waals surface area (Å²) >= 11 is 0. The number of nitrogens with zero attached hydrogens (tertiary/aromatic N) is 2. The highest BCUT2D eigenvalue weighted by molar-refractivity contribution is 5.79. The number of para-hydroxylation sites is 1. The van der Waals surface area contributed by atoms with Crippen molar-refractivity contribution >= 4 is 5.96 Å². The molecule has 0 spiro atoms. The smallest absolute Gasteiger partial charge is 0.191 e. The molecule has 0 saturated carbocycles. The third kappa shape index (κ3) is 6.15. The van der Waals surface area contributed by atoms with Gasteiger partial charge in [-0.3, -0.25) is 0 Å². The summed E-state index contributed by atoms with van der Waals surface area (Å²) in [7, 11) is 0. The van der Waals surface area contributed by atoms with Crippen molar-refractivity contribution in [2.45, 2.75) is 20.0 Å². The summed E-state index contributed by atoms with van der Waals surface area (Å²) in [6.07, 6.45) is 1.69. The Hall–Kier alpha value is -3.33. The van der Waals surface area contributed by atoms with Gasteiger partial charge in [-0.2, -0.15) is 5.26 Å². The maximum absolute atomic E-state index is 13.9. The molecule has 2 aromatic carbocycles. The van der Waals surface area contributed by atoms with Crippen LogP contribution in [0, 0.1) is 17.1 Å². The molecule has 2 aromatic rings. The van der Waals surface area contributed by atoms with Gasteiger partial charge in [0.2, 0.25) is 0 Å². The molecule has 0 atom stereocenters. The van der Waals surface area contributed by atoms with Crippen molar-refractivity contribution in [2.75, 3.05) is 13.2 Å². The largest absolute Gasteiger partial charge is 0.489 e. The molecule has 0 bridgehead atoms. The topological polar surface area (TPSA) is 69.4 Å². The first-order valence-electron chi connectivity index (χ1n) is 8.70. The normalized spacial score (nSPS) is 10.8. The molecule has 140 valence electrons. The molecule has 5 nitrogen and oxygen atoms in total. The van der Waals surface area contributed by atoms with E-state index >= 15 is 0 Å². The molecule has 0 amide bonds. The number of nitriles is 1. The molecule has 0 unspecified atom stereocenters. The first-order chi connectivity index (χ1) is 13.2. The Morgan fingerprint density at radius 2 is 2.07 bits per heavy atom. The monoisotopic (exact) mass is 366 g/mol. The van der Waals surface area contributed by atoms with E-state index in [0.29, 0.717) is 36.8 Å². The molecule has 0 aliphatic rings. The SMILES string of the molecule is C=CCOc1ccccc1CNC(=NCc1cc(C#N)ccc1F)NCC. The van der Waals surface area contributed by atoms with Crippen LogP contribution in [0.3, 0.4) is 0 Å². The predicted molar refractivity (Wildman–Crippen MR) is 105 cm³/mol. The van der Waals surface area contributed by atoms with Crippen LogP contribution in [0.5, 0.6) is 5.75 Å². The zero-order valence-corrected chi connectivity index (χ0v) is 15.3. The first-order valence-corrected chi connectivity index (χ1v) is 8.70. The molecule has 0 fully saturated rings. The van der Waals surface area contributed by atoms with E-state index in [1.807, 2.05) is 37.3 Å². The van der Waals surface area contributed by atoms with E-state index in [-0.39, 0.29) is 12.4 Å². The third-order valence-electron chi connectivity index (χ3n) is 3.70. The fraction of sp³-hybridized carbons (Fsp3) is 0.238. The zero-order chi connectivity index (χ0) is 19.5. The van der Waals surface area contributed by atoms with Crippen molar-refractivity contribution in [1.82, 2.24) is 10.6 Å². The molecular weight excluding hydrogens is 343 g/mol. The fourth-order valence-corrected chi connectivity index (χ4v) is 2.39. The van der Waals surface area contributed by atoms with E-state index in [1.165, 1.54) is 18.2 Å². The number of halogens is 1. The van der Waals surface area contributed by atoms with Gasteiger partial charge in [-0.25, -0.2) is 9.38 Å². The maximum Gasteiger partial charge on any atom is 0.191 e. The van der Waals surface area contributed by atoms with Crippen molar-refractivity contribution < 1.29 is 9.13 Å². The number of nitrogens with one attached hydrogen (secondary N) is 2. The van der Waals surface area contributed by atoms with Crippen molar-refractivity contribution in [1.29, 1.82) is 5.26 Å². The Kier molecular flexibility index (Phi) is 7.86. The first kappa shape index (κ1) is 20.0. The Bertz CT molecular complexity index is 842. The lowest BCUT2D eigenvalue weighted by Gasteiger charge is -2.14. The highest BCUT2D eigenvalue weighted by Gasteiger charge is 2.06. The van der Waals surface area contributed by atoms with E-state index < -0.39 is 0 Å². The quantitative estimate of drug-likeness (QED) is 0.426. The van der Waals surface area contributed by atoms with Crippen molar-refractivity contribution in [3.05, 3.63) is 77.6 Å². The van der Waals surface area contributed by atoms with Crippen LogP contribution in [-0.4, -0.2) is 19.1 Å². The van der Waals surface area contributed by atoms with Crippen LogP contribution < -0.4 is 15.4 Å².